The molecule has 10 heteroatoms. The van der Waals surface area contributed by atoms with Crippen LogP contribution in [-0.2, 0) is 41.5 Å². The van der Waals surface area contributed by atoms with Crippen LogP contribution in [0.1, 0.15) is 38.8 Å². The normalized spacial score (nSPS) is 12.5. The molecule has 0 saturated heterocycles. The van der Waals surface area contributed by atoms with Crippen molar-refractivity contribution in [3.63, 3.8) is 0 Å². The summed E-state index contributed by atoms with van der Waals surface area (Å²) in [7, 11) is 0. The first kappa shape index (κ1) is 30.4. The molecule has 0 aliphatic heterocycles. The molecule has 38 heavy (non-hydrogen) atoms. The van der Waals surface area contributed by atoms with Gasteiger partial charge in [-0.1, -0.05) is 52.0 Å². The highest BCUT2D eigenvalue weighted by Crippen LogP contribution is 2.10. The molecule has 0 fully saturated rings. The van der Waals surface area contributed by atoms with Gasteiger partial charge in [0.05, 0.1) is 13.2 Å². The van der Waals surface area contributed by atoms with E-state index >= 15 is 0 Å². The predicted octanol–water partition coefficient (Wildman–Crippen LogP) is 3.12. The van der Waals surface area contributed by atoms with Gasteiger partial charge in [-0.3, -0.25) is 9.59 Å². The van der Waals surface area contributed by atoms with E-state index in [9.17, 15) is 28.0 Å². The first-order chi connectivity index (χ1) is 17.9. The van der Waals surface area contributed by atoms with Gasteiger partial charge in [0.1, 0.15) is 23.7 Å². The Kier molecular flexibility index (Phi) is 11.8. The van der Waals surface area contributed by atoms with E-state index < -0.39 is 47.5 Å². The number of carbonyl (C=O) groups is 4. The molecule has 8 nitrogen and oxygen atoms in total. The molecule has 0 aromatic heterocycles. The van der Waals surface area contributed by atoms with Gasteiger partial charge < -0.3 is 20.1 Å². The van der Waals surface area contributed by atoms with Gasteiger partial charge in [-0.05, 0) is 47.2 Å². The number of amides is 2. The molecular weight excluding hydrogens is 498 g/mol. The Morgan fingerprint density at radius 1 is 0.632 bits per heavy atom. The van der Waals surface area contributed by atoms with E-state index in [0.717, 1.165) is 0 Å². The van der Waals surface area contributed by atoms with Gasteiger partial charge >= 0.3 is 23.8 Å². The molecule has 2 amide bonds. The molecule has 0 bridgehead atoms. The monoisotopic (exact) mass is 532 g/mol. The molecule has 2 N–H and O–H groups in total. The summed E-state index contributed by atoms with van der Waals surface area (Å²) in [6.07, 6.45) is -0.0999. The zero-order chi connectivity index (χ0) is 28.2. The number of rotatable bonds is 12. The fourth-order valence-corrected chi connectivity index (χ4v) is 3.25. The van der Waals surface area contributed by atoms with Crippen LogP contribution in [0, 0.1) is 23.5 Å². The maximum atomic E-state index is 13.3. The Bertz CT molecular complexity index is 1000. The van der Waals surface area contributed by atoms with Crippen molar-refractivity contribution in [3.05, 3.63) is 71.3 Å². The van der Waals surface area contributed by atoms with Crippen LogP contribution in [0.4, 0.5) is 8.78 Å². The van der Waals surface area contributed by atoms with Crippen molar-refractivity contribution < 1.29 is 37.4 Å². The van der Waals surface area contributed by atoms with Crippen molar-refractivity contribution in [3.8, 4) is 0 Å². The summed E-state index contributed by atoms with van der Waals surface area (Å²) in [5, 5.41) is 4.70. The second-order valence-corrected chi connectivity index (χ2v) is 9.76. The highest BCUT2D eigenvalue weighted by Gasteiger charge is 2.30. The van der Waals surface area contributed by atoms with Crippen molar-refractivity contribution >= 4 is 23.8 Å². The Morgan fingerprint density at radius 2 is 0.947 bits per heavy atom. The lowest BCUT2D eigenvalue weighted by molar-refractivity contribution is -0.152. The molecule has 0 radical (unpaired) electrons. The second-order valence-electron chi connectivity index (χ2n) is 9.76. The van der Waals surface area contributed by atoms with Crippen LogP contribution in [0.15, 0.2) is 48.5 Å². The standard InChI is InChI=1S/C28H34F2N2O6/c1-17(2)15-37-27(35)23(13-19-5-9-21(29)10-6-19)31-25(33)26(34)32-24(28(36)38-16-18(3)4)14-20-7-11-22(30)12-8-20/h5-12,17-18,23-24H,13-16H2,1-4H3,(H,31,33)(H,32,34). The number of hydrogen-bond donors (Lipinski definition) is 2. The van der Waals surface area contributed by atoms with E-state index in [-0.39, 0.29) is 37.9 Å². The summed E-state index contributed by atoms with van der Waals surface area (Å²) in [6, 6.07) is 8.18. The van der Waals surface area contributed by atoms with Crippen LogP contribution < -0.4 is 10.6 Å². The van der Waals surface area contributed by atoms with Crippen LogP contribution in [0.25, 0.3) is 0 Å². The van der Waals surface area contributed by atoms with E-state index in [1.165, 1.54) is 48.5 Å². The number of carbonyl (C=O) groups excluding carboxylic acids is 4. The summed E-state index contributed by atoms with van der Waals surface area (Å²) in [6.45, 7) is 7.56. The molecule has 0 saturated carbocycles. The summed E-state index contributed by atoms with van der Waals surface area (Å²) >= 11 is 0. The smallest absolute Gasteiger partial charge is 0.329 e. The Hall–Kier alpha value is -3.82. The predicted molar refractivity (Wildman–Crippen MR) is 136 cm³/mol. The maximum Gasteiger partial charge on any atom is 0.329 e. The van der Waals surface area contributed by atoms with Gasteiger partial charge in [-0.2, -0.15) is 0 Å². The Labute approximate surface area is 221 Å². The minimum absolute atomic E-state index is 0.0356. The van der Waals surface area contributed by atoms with Crippen LogP contribution in [0.3, 0.4) is 0 Å². The van der Waals surface area contributed by atoms with E-state index in [1.54, 1.807) is 0 Å². The van der Waals surface area contributed by atoms with Gasteiger partial charge in [-0.25, -0.2) is 18.4 Å². The summed E-state index contributed by atoms with van der Waals surface area (Å²) < 4.78 is 37.1. The third kappa shape index (κ3) is 10.7. The van der Waals surface area contributed by atoms with Crippen LogP contribution >= 0.6 is 0 Å². The Balaban J connectivity index is 2.15. The van der Waals surface area contributed by atoms with Crippen LogP contribution in [0.2, 0.25) is 0 Å². The highest BCUT2D eigenvalue weighted by molar-refractivity contribution is 6.35. The molecule has 2 unspecified atom stereocenters. The van der Waals surface area contributed by atoms with Crippen LogP contribution in [-0.4, -0.2) is 49.1 Å². The minimum Gasteiger partial charge on any atom is -0.464 e. The topological polar surface area (TPSA) is 111 Å². The number of esters is 2. The maximum absolute atomic E-state index is 13.3. The van der Waals surface area contributed by atoms with Crippen LogP contribution in [0.5, 0.6) is 0 Å². The third-order valence-corrected chi connectivity index (χ3v) is 5.21. The lowest BCUT2D eigenvalue weighted by Crippen LogP contribution is -2.53. The van der Waals surface area contributed by atoms with Crippen molar-refractivity contribution in [2.45, 2.75) is 52.6 Å². The van der Waals surface area contributed by atoms with E-state index in [1.807, 2.05) is 27.7 Å². The van der Waals surface area contributed by atoms with Gasteiger partial charge in [-0.15, -0.1) is 0 Å². The molecule has 2 atom stereocenters. The van der Waals surface area contributed by atoms with E-state index in [4.69, 9.17) is 9.47 Å². The molecule has 2 aromatic carbocycles. The zero-order valence-electron chi connectivity index (χ0n) is 22.0. The average Bonchev–Trinajstić information content (AvgIpc) is 2.87. The SMILES string of the molecule is CC(C)COC(=O)C(Cc1ccc(F)cc1)NC(=O)C(=O)NC(Cc1ccc(F)cc1)C(=O)OCC(C)C. The third-order valence-electron chi connectivity index (χ3n) is 5.21. The summed E-state index contributed by atoms with van der Waals surface area (Å²) in [5.41, 5.74) is 1.06. The Morgan fingerprint density at radius 3 is 1.24 bits per heavy atom. The van der Waals surface area contributed by atoms with Crippen molar-refractivity contribution in [1.29, 1.82) is 0 Å². The molecule has 2 aromatic rings. The second kappa shape index (κ2) is 14.8. The number of ether oxygens (including phenoxy) is 2. The molecule has 0 aliphatic rings. The van der Waals surface area contributed by atoms with Gasteiger partial charge in [0.15, 0.2) is 0 Å². The number of halogens is 2. The zero-order valence-corrected chi connectivity index (χ0v) is 22.0. The molecule has 206 valence electrons. The molecule has 0 heterocycles. The van der Waals surface area contributed by atoms with Crippen molar-refractivity contribution in [1.82, 2.24) is 10.6 Å². The average molecular weight is 533 g/mol. The van der Waals surface area contributed by atoms with Crippen molar-refractivity contribution in [2.24, 2.45) is 11.8 Å². The van der Waals surface area contributed by atoms with Gasteiger partial charge in [0.2, 0.25) is 0 Å². The number of hydrogen-bond acceptors (Lipinski definition) is 6. The fraction of sp³-hybridized carbons (Fsp3) is 0.429. The molecule has 0 spiro atoms. The van der Waals surface area contributed by atoms with E-state index in [2.05, 4.69) is 10.6 Å². The summed E-state index contributed by atoms with van der Waals surface area (Å²) in [5.74, 6) is -4.72. The quantitative estimate of drug-likeness (QED) is 0.321. The lowest BCUT2D eigenvalue weighted by Gasteiger charge is -2.21. The van der Waals surface area contributed by atoms with Gasteiger partial charge in [0, 0.05) is 12.8 Å². The fourth-order valence-electron chi connectivity index (χ4n) is 3.25. The first-order valence-electron chi connectivity index (χ1n) is 12.4. The number of nitrogens with one attached hydrogen (secondary N) is 2. The molecule has 2 rings (SSSR count). The lowest BCUT2D eigenvalue weighted by atomic mass is 10.0. The highest BCUT2D eigenvalue weighted by atomic mass is 19.1. The molecular formula is C28H34F2N2O6. The summed E-state index contributed by atoms with van der Waals surface area (Å²) in [4.78, 5) is 50.9. The largest absolute Gasteiger partial charge is 0.464 e. The minimum atomic E-state index is -1.24. The number of benzene rings is 2. The van der Waals surface area contributed by atoms with E-state index in [0.29, 0.717) is 11.1 Å². The first-order valence-corrected chi connectivity index (χ1v) is 12.4. The molecule has 0 aliphatic carbocycles. The van der Waals surface area contributed by atoms with Crippen molar-refractivity contribution in [2.75, 3.05) is 13.2 Å². The van der Waals surface area contributed by atoms with Gasteiger partial charge in [0.25, 0.3) is 0 Å².